The Bertz CT molecular complexity index is 749. The average Bonchev–Trinajstić information content (AvgIpc) is 3.41. The highest BCUT2D eigenvalue weighted by molar-refractivity contribution is 5.79. The van der Waals surface area contributed by atoms with Crippen LogP contribution >= 0.6 is 0 Å². The molecule has 1 saturated carbocycles. The molecule has 2 N–H and O–H groups in total. The van der Waals surface area contributed by atoms with Crippen LogP contribution in [0.1, 0.15) is 50.2 Å². The van der Waals surface area contributed by atoms with Crippen molar-refractivity contribution in [2.24, 2.45) is 0 Å². The van der Waals surface area contributed by atoms with Gasteiger partial charge in [0, 0.05) is 31.2 Å². The molecule has 3 aliphatic rings. The first-order valence-electron chi connectivity index (χ1n) is 9.84. The predicted octanol–water partition coefficient (Wildman–Crippen LogP) is 2.79. The number of halogens is 1. The van der Waals surface area contributed by atoms with Gasteiger partial charge in [-0.2, -0.15) is 0 Å². The van der Waals surface area contributed by atoms with E-state index in [0.717, 1.165) is 24.8 Å². The Morgan fingerprint density at radius 2 is 2.11 bits per heavy atom. The van der Waals surface area contributed by atoms with Crippen molar-refractivity contribution in [3.63, 3.8) is 0 Å². The summed E-state index contributed by atoms with van der Waals surface area (Å²) >= 11 is 0. The lowest BCUT2D eigenvalue weighted by atomic mass is 9.99. The molecule has 4 amide bonds. The van der Waals surface area contributed by atoms with Crippen molar-refractivity contribution in [2.45, 2.75) is 63.7 Å². The van der Waals surface area contributed by atoms with E-state index in [2.05, 4.69) is 10.6 Å². The minimum atomic E-state index is -0.256. The number of piperidine rings is 1. The molecule has 1 aliphatic carbocycles. The Morgan fingerprint density at radius 3 is 2.78 bits per heavy atom. The standard InChI is InChI=1S/C20H27FN4O2/c1-12(2)25-18-7-8-24(11-17(18)23-20(25)27)19(26)22-10-15-6-5-14(9-16(15)21)13-3-4-13/h5-6,9,12-13,17-18H,3-4,7-8,10-11H2,1-2H3,(H,22,26)(H,23,27)/t17-,18+/m1/s1. The number of hydrogen-bond donors (Lipinski definition) is 2. The van der Waals surface area contributed by atoms with Crippen LogP contribution < -0.4 is 10.6 Å². The molecule has 2 atom stereocenters. The van der Waals surface area contributed by atoms with Crippen molar-refractivity contribution in [3.8, 4) is 0 Å². The van der Waals surface area contributed by atoms with E-state index in [1.165, 1.54) is 0 Å². The summed E-state index contributed by atoms with van der Waals surface area (Å²) in [6.07, 6.45) is 3.02. The quantitative estimate of drug-likeness (QED) is 0.851. The minimum absolute atomic E-state index is 0.0473. The summed E-state index contributed by atoms with van der Waals surface area (Å²) in [5.74, 6) is 0.255. The maximum atomic E-state index is 14.3. The topological polar surface area (TPSA) is 64.7 Å². The van der Waals surface area contributed by atoms with E-state index in [4.69, 9.17) is 0 Å². The van der Waals surface area contributed by atoms with E-state index in [1.54, 1.807) is 17.0 Å². The zero-order valence-electron chi connectivity index (χ0n) is 15.9. The molecule has 1 aromatic rings. The first kappa shape index (κ1) is 18.1. The maximum Gasteiger partial charge on any atom is 0.318 e. The Hall–Kier alpha value is -2.31. The zero-order chi connectivity index (χ0) is 19.1. The number of nitrogens with one attached hydrogen (secondary N) is 2. The molecule has 0 bridgehead atoms. The van der Waals surface area contributed by atoms with Gasteiger partial charge in [0.1, 0.15) is 5.82 Å². The van der Waals surface area contributed by atoms with Gasteiger partial charge in [-0.25, -0.2) is 14.0 Å². The molecule has 7 heteroatoms. The van der Waals surface area contributed by atoms with Crippen LogP contribution in [0.15, 0.2) is 18.2 Å². The molecule has 0 spiro atoms. The van der Waals surface area contributed by atoms with Crippen molar-refractivity contribution >= 4 is 12.1 Å². The van der Waals surface area contributed by atoms with Crippen molar-refractivity contribution in [3.05, 3.63) is 35.1 Å². The van der Waals surface area contributed by atoms with E-state index in [0.29, 0.717) is 24.6 Å². The third-order valence-corrected chi connectivity index (χ3v) is 5.88. The Kier molecular flexibility index (Phi) is 4.70. The molecule has 146 valence electrons. The van der Waals surface area contributed by atoms with E-state index in [9.17, 15) is 14.0 Å². The molecule has 1 aromatic carbocycles. The smallest absolute Gasteiger partial charge is 0.318 e. The molecular weight excluding hydrogens is 347 g/mol. The van der Waals surface area contributed by atoms with Gasteiger partial charge in [-0.05, 0) is 50.7 Å². The molecule has 0 radical (unpaired) electrons. The SMILES string of the molecule is CC(C)N1C(=O)N[C@@H]2CN(C(=O)NCc3ccc(C4CC4)cc3F)CC[C@@H]21. The van der Waals surface area contributed by atoms with Crippen LogP contribution in [0.4, 0.5) is 14.0 Å². The van der Waals surface area contributed by atoms with Gasteiger partial charge in [0.2, 0.25) is 0 Å². The third kappa shape index (κ3) is 3.59. The van der Waals surface area contributed by atoms with E-state index in [1.807, 2.05) is 24.8 Å². The van der Waals surface area contributed by atoms with Crippen LogP contribution in [-0.2, 0) is 6.54 Å². The fourth-order valence-corrected chi connectivity index (χ4v) is 4.26. The number of carbonyl (C=O) groups excluding carboxylic acids is 2. The molecule has 0 unspecified atom stereocenters. The summed E-state index contributed by atoms with van der Waals surface area (Å²) in [5.41, 5.74) is 1.55. The second kappa shape index (κ2) is 7.02. The highest BCUT2D eigenvalue weighted by Crippen LogP contribution is 2.40. The lowest BCUT2D eigenvalue weighted by molar-refractivity contribution is 0.133. The molecule has 27 heavy (non-hydrogen) atoms. The van der Waals surface area contributed by atoms with E-state index in [-0.39, 0.29) is 42.5 Å². The summed E-state index contributed by atoms with van der Waals surface area (Å²) in [4.78, 5) is 28.2. The van der Waals surface area contributed by atoms with Gasteiger partial charge in [-0.3, -0.25) is 0 Å². The van der Waals surface area contributed by atoms with E-state index >= 15 is 0 Å². The average molecular weight is 374 g/mol. The fraction of sp³-hybridized carbons (Fsp3) is 0.600. The van der Waals surface area contributed by atoms with Crippen LogP contribution in [0.5, 0.6) is 0 Å². The lowest BCUT2D eigenvalue weighted by Gasteiger charge is -2.37. The molecule has 2 aliphatic heterocycles. The molecule has 6 nitrogen and oxygen atoms in total. The van der Waals surface area contributed by atoms with Gasteiger partial charge in [0.05, 0.1) is 12.1 Å². The highest BCUT2D eigenvalue weighted by atomic mass is 19.1. The molecule has 4 rings (SSSR count). The third-order valence-electron chi connectivity index (χ3n) is 5.88. The second-order valence-corrected chi connectivity index (χ2v) is 8.14. The normalized spacial score (nSPS) is 24.8. The Balaban J connectivity index is 1.33. The van der Waals surface area contributed by atoms with Crippen LogP contribution in [0.2, 0.25) is 0 Å². The summed E-state index contributed by atoms with van der Waals surface area (Å²) in [6, 6.07) is 5.29. The number of carbonyl (C=O) groups is 2. The van der Waals surface area contributed by atoms with Crippen molar-refractivity contribution < 1.29 is 14.0 Å². The Labute approximate surface area is 159 Å². The van der Waals surface area contributed by atoms with Gasteiger partial charge in [0.15, 0.2) is 0 Å². The van der Waals surface area contributed by atoms with Crippen LogP contribution in [0, 0.1) is 5.82 Å². The molecule has 2 heterocycles. The summed E-state index contributed by atoms with van der Waals surface area (Å²) in [7, 11) is 0. The molecule has 0 aromatic heterocycles. The first-order chi connectivity index (χ1) is 12.9. The molecular formula is C20H27FN4O2. The number of urea groups is 2. The number of fused-ring (bicyclic) bond motifs is 1. The largest absolute Gasteiger partial charge is 0.334 e. The van der Waals surface area contributed by atoms with Crippen molar-refractivity contribution in [2.75, 3.05) is 13.1 Å². The minimum Gasteiger partial charge on any atom is -0.334 e. The summed E-state index contributed by atoms with van der Waals surface area (Å²) < 4.78 is 14.3. The van der Waals surface area contributed by atoms with Gasteiger partial charge in [-0.15, -0.1) is 0 Å². The lowest BCUT2D eigenvalue weighted by Crippen LogP contribution is -2.55. The number of rotatable bonds is 4. The number of amides is 4. The van der Waals surface area contributed by atoms with Crippen LogP contribution in [0.3, 0.4) is 0 Å². The maximum absolute atomic E-state index is 14.3. The van der Waals surface area contributed by atoms with E-state index < -0.39 is 0 Å². The van der Waals surface area contributed by atoms with Gasteiger partial charge in [0.25, 0.3) is 0 Å². The van der Waals surface area contributed by atoms with Crippen LogP contribution in [-0.4, -0.2) is 53.1 Å². The first-order valence-corrected chi connectivity index (χ1v) is 9.84. The number of likely N-dealkylation sites (tertiary alicyclic amines) is 1. The monoisotopic (exact) mass is 374 g/mol. The van der Waals surface area contributed by atoms with Crippen molar-refractivity contribution in [1.29, 1.82) is 0 Å². The predicted molar refractivity (Wildman–Crippen MR) is 99.9 cm³/mol. The number of hydrogen-bond acceptors (Lipinski definition) is 2. The number of nitrogens with zero attached hydrogens (tertiary/aromatic N) is 2. The molecule has 2 saturated heterocycles. The zero-order valence-corrected chi connectivity index (χ0v) is 15.9. The highest BCUT2D eigenvalue weighted by Gasteiger charge is 2.44. The van der Waals surface area contributed by atoms with Crippen molar-refractivity contribution in [1.82, 2.24) is 20.4 Å². The fourth-order valence-electron chi connectivity index (χ4n) is 4.26. The summed E-state index contributed by atoms with van der Waals surface area (Å²) in [6.45, 7) is 5.25. The second-order valence-electron chi connectivity index (χ2n) is 8.14. The van der Waals surface area contributed by atoms with Gasteiger partial charge >= 0.3 is 12.1 Å². The number of benzene rings is 1. The summed E-state index contributed by atoms with van der Waals surface area (Å²) in [5, 5.41) is 5.80. The molecule has 3 fully saturated rings. The van der Waals surface area contributed by atoms with Gasteiger partial charge < -0.3 is 20.4 Å². The van der Waals surface area contributed by atoms with Crippen LogP contribution in [0.25, 0.3) is 0 Å². The Morgan fingerprint density at radius 1 is 1.33 bits per heavy atom. The van der Waals surface area contributed by atoms with Gasteiger partial charge in [-0.1, -0.05) is 12.1 Å².